The summed E-state index contributed by atoms with van der Waals surface area (Å²) in [6.45, 7) is 0. The molecule has 5 heteroatoms. The average Bonchev–Trinajstić information content (AvgIpc) is 2.20. The molecule has 14 heavy (non-hydrogen) atoms. The number of amides is 1. The molecule has 0 saturated carbocycles. The summed E-state index contributed by atoms with van der Waals surface area (Å²) in [7, 11) is 1.51. The molecule has 1 aromatic carbocycles. The fourth-order valence-electron chi connectivity index (χ4n) is 0.985. The van der Waals surface area contributed by atoms with E-state index in [0.29, 0.717) is 27.9 Å². The molecule has 1 rings (SSSR count). The maximum absolute atomic E-state index is 10.3. The summed E-state index contributed by atoms with van der Waals surface area (Å²) in [6, 6.07) is 5.13. The lowest BCUT2D eigenvalue weighted by Crippen LogP contribution is -1.98. The van der Waals surface area contributed by atoms with Crippen molar-refractivity contribution in [3.8, 4) is 11.8 Å². The van der Waals surface area contributed by atoms with Gasteiger partial charge in [0.05, 0.1) is 22.8 Å². The Labute approximate surface area is 89.6 Å². The SMILES string of the molecule is COc1cc(NC=O)c(C#N)cc1Br. The Balaban J connectivity index is 3.26. The molecule has 0 heterocycles. The van der Waals surface area contributed by atoms with Gasteiger partial charge in [-0.1, -0.05) is 0 Å². The molecule has 0 aliphatic rings. The van der Waals surface area contributed by atoms with E-state index in [-0.39, 0.29) is 0 Å². The number of nitriles is 1. The van der Waals surface area contributed by atoms with Gasteiger partial charge in [-0.15, -0.1) is 0 Å². The van der Waals surface area contributed by atoms with Gasteiger partial charge in [-0.05, 0) is 22.0 Å². The van der Waals surface area contributed by atoms with Crippen LogP contribution in [0.5, 0.6) is 5.75 Å². The maximum atomic E-state index is 10.3. The lowest BCUT2D eigenvalue weighted by atomic mass is 10.2. The first-order valence-corrected chi connectivity index (χ1v) is 4.50. The minimum atomic E-state index is 0.379. The predicted molar refractivity (Wildman–Crippen MR) is 55.1 cm³/mol. The standard InChI is InChI=1S/C9H7BrN2O2/c1-14-9-3-8(12-5-13)6(4-11)2-7(9)10/h2-3,5H,1H3,(H,12,13). The molecular weight excluding hydrogens is 248 g/mol. The largest absolute Gasteiger partial charge is 0.495 e. The molecule has 1 N–H and O–H groups in total. The first-order valence-electron chi connectivity index (χ1n) is 3.70. The van der Waals surface area contributed by atoms with E-state index in [0.717, 1.165) is 0 Å². The van der Waals surface area contributed by atoms with Crippen molar-refractivity contribution in [3.63, 3.8) is 0 Å². The van der Waals surface area contributed by atoms with Crippen molar-refractivity contribution in [2.24, 2.45) is 0 Å². The summed E-state index contributed by atoms with van der Waals surface area (Å²) in [5.74, 6) is 0.563. The third-order valence-electron chi connectivity index (χ3n) is 1.63. The Morgan fingerprint density at radius 1 is 1.64 bits per heavy atom. The molecule has 0 fully saturated rings. The number of hydrogen-bond acceptors (Lipinski definition) is 3. The van der Waals surface area contributed by atoms with Crippen molar-refractivity contribution >= 4 is 28.0 Å². The Kier molecular flexibility index (Phi) is 3.48. The van der Waals surface area contributed by atoms with Gasteiger partial charge >= 0.3 is 0 Å². The number of halogens is 1. The van der Waals surface area contributed by atoms with Crippen LogP contribution in [-0.4, -0.2) is 13.5 Å². The van der Waals surface area contributed by atoms with Gasteiger partial charge in [0, 0.05) is 6.07 Å². The molecule has 4 nitrogen and oxygen atoms in total. The van der Waals surface area contributed by atoms with Crippen LogP contribution in [0, 0.1) is 11.3 Å². The van der Waals surface area contributed by atoms with Crippen LogP contribution in [0.2, 0.25) is 0 Å². The van der Waals surface area contributed by atoms with Crippen molar-refractivity contribution in [1.82, 2.24) is 0 Å². The highest BCUT2D eigenvalue weighted by molar-refractivity contribution is 9.10. The molecule has 0 atom stereocenters. The summed E-state index contributed by atoms with van der Waals surface area (Å²) >= 11 is 3.24. The van der Waals surface area contributed by atoms with Crippen LogP contribution in [0.1, 0.15) is 5.56 Å². The fraction of sp³-hybridized carbons (Fsp3) is 0.111. The van der Waals surface area contributed by atoms with Gasteiger partial charge in [0.15, 0.2) is 0 Å². The van der Waals surface area contributed by atoms with Crippen molar-refractivity contribution < 1.29 is 9.53 Å². The topological polar surface area (TPSA) is 62.1 Å². The van der Waals surface area contributed by atoms with E-state index in [1.807, 2.05) is 6.07 Å². The second-order valence-electron chi connectivity index (χ2n) is 2.41. The third-order valence-corrected chi connectivity index (χ3v) is 2.25. The molecule has 0 aliphatic carbocycles. The molecular formula is C9H7BrN2O2. The molecule has 72 valence electrons. The number of hydrogen-bond donors (Lipinski definition) is 1. The first-order chi connectivity index (χ1) is 6.72. The minimum Gasteiger partial charge on any atom is -0.495 e. The quantitative estimate of drug-likeness (QED) is 0.839. The second kappa shape index (κ2) is 4.63. The zero-order chi connectivity index (χ0) is 10.6. The van der Waals surface area contributed by atoms with E-state index in [9.17, 15) is 4.79 Å². The Morgan fingerprint density at radius 3 is 2.86 bits per heavy atom. The highest BCUT2D eigenvalue weighted by atomic mass is 79.9. The number of benzene rings is 1. The lowest BCUT2D eigenvalue weighted by Gasteiger charge is -2.07. The normalized spacial score (nSPS) is 8.93. The summed E-state index contributed by atoms with van der Waals surface area (Å²) in [5.41, 5.74) is 0.812. The summed E-state index contributed by atoms with van der Waals surface area (Å²) in [4.78, 5) is 10.3. The minimum absolute atomic E-state index is 0.379. The fourth-order valence-corrected chi connectivity index (χ4v) is 1.49. The number of methoxy groups -OCH3 is 1. The van der Waals surface area contributed by atoms with Crippen LogP contribution in [0.25, 0.3) is 0 Å². The molecule has 0 unspecified atom stereocenters. The van der Waals surface area contributed by atoms with Gasteiger partial charge in [-0.3, -0.25) is 4.79 Å². The second-order valence-corrected chi connectivity index (χ2v) is 3.26. The third kappa shape index (κ3) is 2.03. The Bertz CT molecular complexity index is 399. The number of carbonyl (C=O) groups is 1. The number of ether oxygens (including phenoxy) is 1. The van der Waals surface area contributed by atoms with Gasteiger partial charge in [0.2, 0.25) is 6.41 Å². The summed E-state index contributed by atoms with van der Waals surface area (Å²) in [5, 5.41) is 11.2. The summed E-state index contributed by atoms with van der Waals surface area (Å²) in [6.07, 6.45) is 0.517. The number of nitrogens with zero attached hydrogens (tertiary/aromatic N) is 1. The summed E-state index contributed by atoms with van der Waals surface area (Å²) < 4.78 is 5.69. The van der Waals surface area contributed by atoms with Gasteiger partial charge in [0.1, 0.15) is 11.8 Å². The monoisotopic (exact) mass is 254 g/mol. The van der Waals surface area contributed by atoms with Crippen LogP contribution in [0.4, 0.5) is 5.69 Å². The highest BCUT2D eigenvalue weighted by Gasteiger charge is 2.07. The van der Waals surface area contributed by atoms with Crippen LogP contribution >= 0.6 is 15.9 Å². The molecule has 0 radical (unpaired) electrons. The zero-order valence-electron chi connectivity index (χ0n) is 7.37. The molecule has 0 aromatic heterocycles. The number of carbonyl (C=O) groups excluding carboxylic acids is 1. The smallest absolute Gasteiger partial charge is 0.211 e. The van der Waals surface area contributed by atoms with Crippen LogP contribution in [0.3, 0.4) is 0 Å². The van der Waals surface area contributed by atoms with E-state index >= 15 is 0 Å². The van der Waals surface area contributed by atoms with E-state index in [2.05, 4.69) is 21.2 Å². The number of rotatable bonds is 3. The maximum Gasteiger partial charge on any atom is 0.211 e. The number of anilines is 1. The number of nitrogens with one attached hydrogen (secondary N) is 1. The van der Waals surface area contributed by atoms with Crippen molar-refractivity contribution in [3.05, 3.63) is 22.2 Å². The van der Waals surface area contributed by atoms with Crippen molar-refractivity contribution in [2.45, 2.75) is 0 Å². The molecule has 1 aromatic rings. The highest BCUT2D eigenvalue weighted by Crippen LogP contribution is 2.30. The Hall–Kier alpha value is -1.54. The molecule has 0 spiro atoms. The van der Waals surface area contributed by atoms with Gasteiger partial charge in [-0.2, -0.15) is 5.26 Å². The van der Waals surface area contributed by atoms with E-state index in [1.54, 1.807) is 12.1 Å². The van der Waals surface area contributed by atoms with E-state index in [4.69, 9.17) is 10.00 Å². The van der Waals surface area contributed by atoms with E-state index in [1.165, 1.54) is 7.11 Å². The molecule has 0 saturated heterocycles. The van der Waals surface area contributed by atoms with Gasteiger partial charge in [-0.25, -0.2) is 0 Å². The first kappa shape index (κ1) is 10.5. The van der Waals surface area contributed by atoms with Crippen LogP contribution < -0.4 is 10.1 Å². The van der Waals surface area contributed by atoms with E-state index < -0.39 is 0 Å². The zero-order valence-corrected chi connectivity index (χ0v) is 8.96. The Morgan fingerprint density at radius 2 is 2.36 bits per heavy atom. The van der Waals surface area contributed by atoms with Gasteiger partial charge < -0.3 is 10.1 Å². The molecule has 0 aliphatic heterocycles. The predicted octanol–water partition coefficient (Wildman–Crippen LogP) is 1.90. The van der Waals surface area contributed by atoms with Gasteiger partial charge in [0.25, 0.3) is 0 Å². The average molecular weight is 255 g/mol. The van der Waals surface area contributed by atoms with Crippen molar-refractivity contribution in [2.75, 3.05) is 12.4 Å². The van der Waals surface area contributed by atoms with Crippen LogP contribution in [-0.2, 0) is 4.79 Å². The molecule has 1 amide bonds. The molecule has 0 bridgehead atoms. The van der Waals surface area contributed by atoms with Crippen molar-refractivity contribution in [1.29, 1.82) is 5.26 Å². The van der Waals surface area contributed by atoms with Crippen LogP contribution in [0.15, 0.2) is 16.6 Å². The lowest BCUT2D eigenvalue weighted by molar-refractivity contribution is -0.105.